The van der Waals surface area contributed by atoms with Crippen LogP contribution < -0.4 is 0 Å². The minimum absolute atomic E-state index is 2.43. The smallest absolute Gasteiger partial charge is 0.476 e. The van der Waals surface area contributed by atoms with Gasteiger partial charge in [-0.05, 0) is 0 Å². The molecule has 0 saturated carbocycles. The third-order valence-corrected chi connectivity index (χ3v) is 3.95. The molecule has 0 aromatic rings. The lowest BCUT2D eigenvalue weighted by atomic mass is 10.3. The van der Waals surface area contributed by atoms with Gasteiger partial charge in [0.1, 0.15) is 0 Å². The number of hydrogen-bond acceptors (Lipinski definition) is 10. The maximum absolute atomic E-state index is 12.6. The molecule has 11 nitrogen and oxygen atoms in total. The van der Waals surface area contributed by atoms with Crippen molar-refractivity contribution in [1.29, 1.82) is 0 Å². The van der Waals surface area contributed by atoms with E-state index in [4.69, 9.17) is 14.6 Å². The summed E-state index contributed by atoms with van der Waals surface area (Å²) < 4.78 is 74.8. The Bertz CT molecular complexity index is 575. The van der Waals surface area contributed by atoms with E-state index in [9.17, 15) is 35.2 Å². The Morgan fingerprint density at radius 2 is 1.47 bits per heavy atom. The Labute approximate surface area is 103 Å². The molecule has 0 atom stereocenters. The van der Waals surface area contributed by atoms with Crippen LogP contribution in [0, 0.1) is 0 Å². The van der Waals surface area contributed by atoms with Crippen molar-refractivity contribution in [3.05, 3.63) is 0 Å². The van der Waals surface area contributed by atoms with Crippen molar-refractivity contribution in [2.75, 3.05) is 0 Å². The van der Waals surface area contributed by atoms with Crippen LogP contribution in [0.1, 0.15) is 0 Å². The maximum atomic E-state index is 12.6. The summed E-state index contributed by atoms with van der Waals surface area (Å²) in [6.45, 7) is 0. The van der Waals surface area contributed by atoms with E-state index in [0.29, 0.717) is 0 Å². The van der Waals surface area contributed by atoms with Gasteiger partial charge in [0.15, 0.2) is 0 Å². The summed E-state index contributed by atoms with van der Waals surface area (Å²) in [5.41, 5.74) is 0. The molecule has 0 saturated heterocycles. The second-order valence-electron chi connectivity index (χ2n) is 2.49. The lowest BCUT2D eigenvalue weighted by Gasteiger charge is -2.12. The highest BCUT2D eigenvalue weighted by atomic mass is 32.3. The van der Waals surface area contributed by atoms with Gasteiger partial charge in [0, 0.05) is 0 Å². The van der Waals surface area contributed by atoms with Gasteiger partial charge in [0.2, 0.25) is 0 Å². The van der Waals surface area contributed by atoms with Crippen LogP contribution in [0.25, 0.3) is 0 Å². The van der Waals surface area contributed by atoms with Crippen LogP contribution >= 0.6 is 0 Å². The third kappa shape index (κ3) is 4.06. The number of halogens is 2. The third-order valence-electron chi connectivity index (χ3n) is 1.16. The topological polar surface area (TPSA) is 182 Å². The van der Waals surface area contributed by atoms with Crippen LogP contribution in [-0.4, -0.2) is 55.3 Å². The predicted molar refractivity (Wildman–Crippen MR) is 47.8 cm³/mol. The molecule has 0 unspecified atom stereocenters. The van der Waals surface area contributed by atoms with Gasteiger partial charge in [-0.3, -0.25) is 4.55 Å². The molecule has 0 aromatic carbocycles. The van der Waals surface area contributed by atoms with E-state index in [-0.39, 0.29) is 0 Å². The molecule has 0 fully saturated rings. The van der Waals surface area contributed by atoms with E-state index in [0.717, 1.165) is 0 Å². The molecule has 0 aromatic heterocycles. The van der Waals surface area contributed by atoms with Crippen LogP contribution in [0.2, 0.25) is 0 Å². The number of hydrogen-bond donors (Lipinski definition) is 3. The van der Waals surface area contributed by atoms with Crippen LogP contribution in [0.3, 0.4) is 0 Å². The zero-order valence-electron chi connectivity index (χ0n) is 8.26. The molecule has 0 aliphatic carbocycles. The quantitative estimate of drug-likeness (QED) is 0.205. The van der Waals surface area contributed by atoms with Crippen molar-refractivity contribution in [3.8, 4) is 0 Å². The first-order valence-corrected chi connectivity index (χ1v) is 6.47. The van der Waals surface area contributed by atoms with E-state index in [1.54, 1.807) is 0 Å². The van der Waals surface area contributed by atoms with Crippen LogP contribution in [0.5, 0.6) is 0 Å². The van der Waals surface area contributed by atoms with Crippen molar-refractivity contribution >= 4 is 39.5 Å². The second kappa shape index (κ2) is 5.33. The van der Waals surface area contributed by atoms with E-state index >= 15 is 0 Å². The fourth-order valence-corrected chi connectivity index (χ4v) is 1.95. The molecule has 0 radical (unpaired) electrons. The molecular weight excluding hydrogens is 325 g/mol. The van der Waals surface area contributed by atoms with Gasteiger partial charge >= 0.3 is 44.1 Å². The zero-order valence-corrected chi connectivity index (χ0v) is 9.89. The minimum atomic E-state index is -6.58. The first-order valence-electron chi connectivity index (χ1n) is 3.62. The molecule has 0 rings (SSSR count). The van der Waals surface area contributed by atoms with Gasteiger partial charge in [0.25, 0.3) is 0 Å². The summed E-state index contributed by atoms with van der Waals surface area (Å²) in [6.07, 6.45) is 0. The van der Waals surface area contributed by atoms with Crippen LogP contribution in [-0.2, 0) is 38.7 Å². The summed E-state index contributed by atoms with van der Waals surface area (Å²) in [6, 6.07) is 0. The van der Waals surface area contributed by atoms with Crippen molar-refractivity contribution in [2.24, 2.45) is 0 Å². The minimum Gasteiger partial charge on any atom is -0.476 e. The van der Waals surface area contributed by atoms with Crippen molar-refractivity contribution in [3.63, 3.8) is 0 Å². The van der Waals surface area contributed by atoms with Gasteiger partial charge < -0.3 is 18.9 Å². The first kappa shape index (κ1) is 17.6. The van der Waals surface area contributed by atoms with Gasteiger partial charge in [-0.2, -0.15) is 25.6 Å². The first-order chi connectivity index (χ1) is 8.22. The Morgan fingerprint density at radius 3 is 1.79 bits per heavy atom. The van der Waals surface area contributed by atoms with Crippen LogP contribution in [0.15, 0.2) is 0 Å². The number of carbonyl (C=O) groups excluding carboxylic acids is 2. The van der Waals surface area contributed by atoms with Crippen molar-refractivity contribution in [2.45, 2.75) is 4.59 Å². The molecule has 0 aliphatic rings. The molecule has 0 heterocycles. The van der Waals surface area contributed by atoms with Gasteiger partial charge in [-0.1, -0.05) is 0 Å². The predicted octanol–water partition coefficient (Wildman–Crippen LogP) is -3.19. The van der Waals surface area contributed by atoms with E-state index in [2.05, 4.69) is 8.84 Å². The zero-order chi connectivity index (χ0) is 15.6. The Balaban J connectivity index is 5.21. The largest absolute Gasteiger partial charge is 0.709 e. The van der Waals surface area contributed by atoms with E-state index in [1.165, 1.54) is 0 Å². The molecule has 19 heavy (non-hydrogen) atoms. The lowest BCUT2D eigenvalue weighted by Crippen LogP contribution is -2.41. The number of carbonyl (C=O) groups is 2. The second-order valence-corrected chi connectivity index (χ2v) is 5.80. The molecule has 16 heteroatoms. The molecular formula is C3H3BF2O11S2. The number of alkyl halides is 2. The summed E-state index contributed by atoms with van der Waals surface area (Å²) >= 11 is 0. The fourth-order valence-electron chi connectivity index (χ4n) is 0.455. The lowest BCUT2D eigenvalue weighted by molar-refractivity contribution is -0.157. The van der Waals surface area contributed by atoms with E-state index in [1.807, 2.05) is 0 Å². The van der Waals surface area contributed by atoms with Gasteiger partial charge in [-0.15, -0.1) is 0 Å². The van der Waals surface area contributed by atoms with Crippen molar-refractivity contribution < 1.29 is 58.6 Å². The molecule has 3 N–H and O–H groups in total. The van der Waals surface area contributed by atoms with Gasteiger partial charge in [-0.25, -0.2) is 9.59 Å². The fraction of sp³-hybridized carbons (Fsp3) is 0.333. The number of rotatable bonds is 4. The van der Waals surface area contributed by atoms with E-state index < -0.39 is 44.1 Å². The van der Waals surface area contributed by atoms with Crippen molar-refractivity contribution in [1.82, 2.24) is 0 Å². The average molecular weight is 328 g/mol. The Hall–Kier alpha value is -1.36. The summed E-state index contributed by atoms with van der Waals surface area (Å²) in [5.74, 6) is -5.12. The molecule has 0 aliphatic heterocycles. The highest BCUT2D eigenvalue weighted by Gasteiger charge is 2.61. The average Bonchev–Trinajstić information content (AvgIpc) is 2.13. The SMILES string of the molecule is O=C(OB(O)O)C(=O)OS(=O)(=O)C(F)(F)S(=O)(=O)O. The van der Waals surface area contributed by atoms with Crippen LogP contribution in [0.4, 0.5) is 8.78 Å². The summed E-state index contributed by atoms with van der Waals surface area (Å²) in [5, 5.41) is 16.1. The standard InChI is InChI=1S/C3H3BF2O11S2/c5-3(6,18(11,12)13)19(14,15)17-2(8)1(7)16-4(9)10/h9-10H,(H,11,12,13). The summed E-state index contributed by atoms with van der Waals surface area (Å²) in [4.78, 5) is 21.0. The summed E-state index contributed by atoms with van der Waals surface area (Å²) in [7, 11) is -16.0. The highest BCUT2D eigenvalue weighted by molar-refractivity contribution is 8.05. The molecule has 110 valence electrons. The normalized spacial score (nSPS) is 12.7. The van der Waals surface area contributed by atoms with Gasteiger partial charge in [0.05, 0.1) is 0 Å². The highest BCUT2D eigenvalue weighted by Crippen LogP contribution is 2.29. The Morgan fingerprint density at radius 1 is 1.05 bits per heavy atom. The maximum Gasteiger partial charge on any atom is 0.709 e. The Kier molecular flexibility index (Phi) is 4.95. The monoisotopic (exact) mass is 328 g/mol. The molecule has 0 bridgehead atoms. The molecule has 0 spiro atoms. The molecule has 0 amide bonds.